The van der Waals surface area contributed by atoms with Gasteiger partial charge in [0.05, 0.1) is 24.9 Å². The highest BCUT2D eigenvalue weighted by Crippen LogP contribution is 2.54. The summed E-state index contributed by atoms with van der Waals surface area (Å²) in [7, 11) is 0. The van der Waals surface area contributed by atoms with Gasteiger partial charge in [0.2, 0.25) is 0 Å². The molecule has 0 atom stereocenters. The van der Waals surface area contributed by atoms with Gasteiger partial charge in [-0.3, -0.25) is 0 Å². The Balaban J connectivity index is 1.26. The summed E-state index contributed by atoms with van der Waals surface area (Å²) in [6.45, 7) is 4.33. The average molecular weight is 596 g/mol. The number of fused-ring (bicyclic) bond motifs is 5. The molecule has 1 nitrogen and oxygen atoms in total. The molecule has 0 amide bonds. The summed E-state index contributed by atoms with van der Waals surface area (Å²) in [5.41, 5.74) is 6.91. The third-order valence-electron chi connectivity index (χ3n) is 9.90. The maximum absolute atomic E-state index is 8.99. The molecule has 0 bridgehead atoms. The molecule has 0 saturated carbocycles. The van der Waals surface area contributed by atoms with Crippen molar-refractivity contribution in [1.82, 2.24) is 4.57 Å². The SMILES string of the molecule is [2H]c1c([2H])c([2H])c(-c2ccc3ccc4c(-c5ccc6c(c5)c5c(n6-c6c([2H])c([2H])c([2H])c([2H])c6[2H])-c6ccccc6C5(C)C)ccc5ccc2c3c54)c([2H])c1[2H]. The fourth-order valence-corrected chi connectivity index (χ4v) is 7.96. The van der Waals surface area contributed by atoms with Crippen LogP contribution in [-0.2, 0) is 5.41 Å². The lowest BCUT2D eigenvalue weighted by atomic mass is 9.81. The molecule has 216 valence electrons. The molecule has 0 unspecified atom stereocenters. The van der Waals surface area contributed by atoms with Gasteiger partial charge in [0.25, 0.3) is 0 Å². The quantitative estimate of drug-likeness (QED) is 0.179. The Morgan fingerprint density at radius 3 is 1.85 bits per heavy atom. The first-order valence-corrected chi connectivity index (χ1v) is 15.4. The second-order valence-electron chi connectivity index (χ2n) is 12.6. The molecule has 10 rings (SSSR count). The molecule has 1 aliphatic rings. The highest BCUT2D eigenvalue weighted by Gasteiger charge is 2.40. The van der Waals surface area contributed by atoms with Gasteiger partial charge in [0.1, 0.15) is 0 Å². The van der Waals surface area contributed by atoms with Crippen LogP contribution in [0.15, 0.2) is 151 Å². The number of nitrogens with zero attached hydrogens (tertiary/aromatic N) is 1. The normalized spacial score (nSPS) is 16.7. The molecule has 1 aliphatic carbocycles. The van der Waals surface area contributed by atoms with Gasteiger partial charge in [-0.15, -0.1) is 0 Å². The van der Waals surface area contributed by atoms with E-state index in [1.165, 1.54) is 0 Å². The van der Waals surface area contributed by atoms with Crippen LogP contribution in [0.2, 0.25) is 0 Å². The molecule has 0 N–H and O–H groups in total. The summed E-state index contributed by atoms with van der Waals surface area (Å²) >= 11 is 0. The summed E-state index contributed by atoms with van der Waals surface area (Å²) < 4.78 is 87.4. The van der Waals surface area contributed by atoms with Crippen LogP contribution in [0.3, 0.4) is 0 Å². The van der Waals surface area contributed by atoms with E-state index in [0.29, 0.717) is 5.56 Å². The summed E-state index contributed by atoms with van der Waals surface area (Å²) in [5, 5.41) is 6.61. The molecule has 0 radical (unpaired) electrons. The number of aromatic nitrogens is 1. The van der Waals surface area contributed by atoms with Crippen molar-refractivity contribution in [3.63, 3.8) is 0 Å². The maximum Gasteiger partial charge on any atom is 0.0645 e. The van der Waals surface area contributed by atoms with Crippen LogP contribution in [0.4, 0.5) is 0 Å². The van der Waals surface area contributed by atoms with Crippen molar-refractivity contribution in [2.75, 3.05) is 0 Å². The predicted octanol–water partition coefficient (Wildman–Crippen LogP) is 12.2. The summed E-state index contributed by atoms with van der Waals surface area (Å²) in [6.07, 6.45) is 0. The number of rotatable bonds is 3. The Labute approximate surface area is 282 Å². The fourth-order valence-electron chi connectivity index (χ4n) is 7.96. The third kappa shape index (κ3) is 3.35. The van der Waals surface area contributed by atoms with E-state index < -0.39 is 17.5 Å². The number of benzene rings is 8. The van der Waals surface area contributed by atoms with Crippen LogP contribution in [0.25, 0.3) is 82.4 Å². The Morgan fingerprint density at radius 1 is 0.543 bits per heavy atom. The maximum atomic E-state index is 8.99. The van der Waals surface area contributed by atoms with Crippen LogP contribution in [0, 0.1) is 0 Å². The van der Waals surface area contributed by atoms with Gasteiger partial charge in [0, 0.05) is 22.1 Å². The zero-order chi connectivity index (χ0) is 39.3. The standard InChI is InChI=1S/C45H31N/c1-45(2)39-16-10-9-15-37(39)44-43(45)38-27-31(21-26-40(38)46(44)32-13-7-4-8-14-32)34-23-18-30-19-24-35-33(28-11-5-3-6-12-28)22-17-29-20-25-36(34)42(30)41(29)35/h3-27H,1-2H3/i3D,4D,5D,6D,7D,8D,11D,12D,13D,14D. The van der Waals surface area contributed by atoms with E-state index in [2.05, 4.69) is 50.2 Å². The minimum absolute atomic E-state index is 0.111. The zero-order valence-electron chi connectivity index (χ0n) is 35.1. The Hall–Kier alpha value is -5.66. The average Bonchev–Trinajstić information content (AvgIpc) is 3.66. The molecular weight excluding hydrogens is 555 g/mol. The predicted molar refractivity (Wildman–Crippen MR) is 195 cm³/mol. The van der Waals surface area contributed by atoms with Crippen molar-refractivity contribution in [2.45, 2.75) is 19.3 Å². The van der Waals surface area contributed by atoms with E-state index in [1.54, 1.807) is 0 Å². The Morgan fingerprint density at radius 2 is 1.15 bits per heavy atom. The Bertz CT molecular complexity index is 3170. The van der Waals surface area contributed by atoms with Crippen LogP contribution in [-0.4, -0.2) is 4.57 Å². The molecule has 0 fully saturated rings. The molecule has 0 saturated heterocycles. The largest absolute Gasteiger partial charge is 0.309 e. The highest BCUT2D eigenvalue weighted by molar-refractivity contribution is 6.27. The molecule has 1 heterocycles. The number of hydrogen-bond donors (Lipinski definition) is 0. The van der Waals surface area contributed by atoms with Crippen LogP contribution in [0.5, 0.6) is 0 Å². The smallest absolute Gasteiger partial charge is 0.0645 e. The van der Waals surface area contributed by atoms with E-state index >= 15 is 0 Å². The molecule has 9 aromatic rings. The molecule has 46 heavy (non-hydrogen) atoms. The molecule has 1 aromatic heterocycles. The van der Waals surface area contributed by atoms with Crippen LogP contribution in [0.1, 0.15) is 38.7 Å². The van der Waals surface area contributed by atoms with E-state index in [1.807, 2.05) is 59.2 Å². The van der Waals surface area contributed by atoms with Crippen LogP contribution >= 0.6 is 0 Å². The van der Waals surface area contributed by atoms with Crippen molar-refractivity contribution >= 4 is 43.2 Å². The van der Waals surface area contributed by atoms with Crippen molar-refractivity contribution in [3.05, 3.63) is 163 Å². The lowest BCUT2D eigenvalue weighted by molar-refractivity contribution is 0.666. The molecule has 8 aromatic carbocycles. The lowest BCUT2D eigenvalue weighted by Gasteiger charge is -2.21. The number of hydrogen-bond acceptors (Lipinski definition) is 0. The van der Waals surface area contributed by atoms with Crippen molar-refractivity contribution < 1.29 is 13.7 Å². The first-order chi connectivity index (χ1) is 26.7. The van der Waals surface area contributed by atoms with Crippen molar-refractivity contribution in [2.24, 2.45) is 0 Å². The van der Waals surface area contributed by atoms with Crippen molar-refractivity contribution in [1.29, 1.82) is 0 Å². The van der Waals surface area contributed by atoms with Gasteiger partial charge in [-0.25, -0.2) is 0 Å². The Kier molecular flexibility index (Phi) is 3.54. The van der Waals surface area contributed by atoms with Crippen molar-refractivity contribution in [3.8, 4) is 39.2 Å². The first-order valence-electron chi connectivity index (χ1n) is 20.4. The summed E-state index contributed by atoms with van der Waals surface area (Å²) in [6, 6.07) is 27.0. The monoisotopic (exact) mass is 595 g/mol. The summed E-state index contributed by atoms with van der Waals surface area (Å²) in [4.78, 5) is 0. The molecule has 0 aliphatic heterocycles. The van der Waals surface area contributed by atoms with E-state index in [0.717, 1.165) is 76.7 Å². The third-order valence-corrected chi connectivity index (χ3v) is 9.90. The van der Waals surface area contributed by atoms with E-state index in [9.17, 15) is 0 Å². The van der Waals surface area contributed by atoms with E-state index in [-0.39, 0.29) is 59.6 Å². The van der Waals surface area contributed by atoms with E-state index in [4.69, 9.17) is 13.7 Å². The fraction of sp³-hybridized carbons (Fsp3) is 0.0667. The molecule has 0 spiro atoms. The second-order valence-corrected chi connectivity index (χ2v) is 12.6. The zero-order valence-corrected chi connectivity index (χ0v) is 25.1. The van der Waals surface area contributed by atoms with Gasteiger partial charge in [-0.05, 0) is 89.9 Å². The second kappa shape index (κ2) is 9.19. The highest BCUT2D eigenvalue weighted by atomic mass is 15.0. The molecule has 1 heteroatoms. The first kappa shape index (κ1) is 17.7. The van der Waals surface area contributed by atoms with Gasteiger partial charge in [-0.1, -0.05) is 141 Å². The summed E-state index contributed by atoms with van der Waals surface area (Å²) in [5.74, 6) is 0. The lowest BCUT2D eigenvalue weighted by Crippen LogP contribution is -2.14. The van der Waals surface area contributed by atoms with Gasteiger partial charge < -0.3 is 4.57 Å². The van der Waals surface area contributed by atoms with Crippen LogP contribution < -0.4 is 0 Å². The topological polar surface area (TPSA) is 4.93 Å². The van der Waals surface area contributed by atoms with Gasteiger partial charge in [-0.2, -0.15) is 0 Å². The number of para-hydroxylation sites is 1. The molecular formula is C45H31N. The van der Waals surface area contributed by atoms with Gasteiger partial charge in [0.15, 0.2) is 0 Å². The minimum Gasteiger partial charge on any atom is -0.309 e. The minimum atomic E-state index is -0.468. The van der Waals surface area contributed by atoms with Gasteiger partial charge >= 0.3 is 0 Å².